The van der Waals surface area contributed by atoms with E-state index in [1.807, 2.05) is 4.90 Å². The maximum Gasteiger partial charge on any atom is 0.291 e. The van der Waals surface area contributed by atoms with Crippen molar-refractivity contribution >= 4 is 40.5 Å². The Morgan fingerprint density at radius 1 is 1.00 bits per heavy atom. The second-order valence-corrected chi connectivity index (χ2v) is 7.80. The van der Waals surface area contributed by atoms with E-state index in [1.54, 1.807) is 42.5 Å². The largest absolute Gasteiger partial charge is 0.451 e. The molecule has 7 heteroatoms. The molecule has 150 valence electrons. The summed E-state index contributed by atoms with van der Waals surface area (Å²) < 4.78 is 20.2. The quantitative estimate of drug-likeness (QED) is 0.502. The number of rotatable bonds is 4. The van der Waals surface area contributed by atoms with Crippen molar-refractivity contribution in [2.45, 2.75) is 19.3 Å². The Bertz CT molecular complexity index is 1050. The number of anilines is 2. The van der Waals surface area contributed by atoms with Gasteiger partial charge in [-0.1, -0.05) is 23.2 Å². The third kappa shape index (κ3) is 4.41. The molecule has 0 aliphatic carbocycles. The van der Waals surface area contributed by atoms with E-state index >= 15 is 0 Å². The summed E-state index contributed by atoms with van der Waals surface area (Å²) in [5.74, 6) is -0.305. The Morgan fingerprint density at radius 3 is 2.55 bits per heavy atom. The average Bonchev–Trinajstić information content (AvgIpc) is 3.21. The highest BCUT2D eigenvalue weighted by atomic mass is 35.5. The van der Waals surface area contributed by atoms with Crippen molar-refractivity contribution < 1.29 is 13.6 Å². The van der Waals surface area contributed by atoms with Gasteiger partial charge in [0.25, 0.3) is 5.91 Å². The van der Waals surface area contributed by atoms with Crippen LogP contribution in [-0.4, -0.2) is 19.0 Å². The molecule has 0 bridgehead atoms. The molecule has 0 radical (unpaired) electrons. The van der Waals surface area contributed by atoms with Crippen LogP contribution in [0, 0.1) is 5.82 Å². The highest BCUT2D eigenvalue weighted by Crippen LogP contribution is 2.32. The van der Waals surface area contributed by atoms with Gasteiger partial charge in [0.15, 0.2) is 5.76 Å². The van der Waals surface area contributed by atoms with Crippen molar-refractivity contribution in [3.8, 4) is 11.3 Å². The van der Waals surface area contributed by atoms with Crippen LogP contribution in [0.3, 0.4) is 0 Å². The number of piperidine rings is 1. The standard InChI is InChI=1S/C22H19Cl2FN2O2/c23-14-4-6-17(24)16(12-14)20-8-9-21(29-20)22(28)26-15-5-7-19(18(25)13-15)27-10-2-1-3-11-27/h4-9,12-13H,1-3,10-11H2,(H,26,28). The van der Waals surface area contributed by atoms with Gasteiger partial charge in [0.1, 0.15) is 11.6 Å². The minimum absolute atomic E-state index is 0.0940. The lowest BCUT2D eigenvalue weighted by Crippen LogP contribution is -2.30. The predicted molar refractivity (Wildman–Crippen MR) is 115 cm³/mol. The van der Waals surface area contributed by atoms with Gasteiger partial charge in [-0.25, -0.2) is 4.39 Å². The highest BCUT2D eigenvalue weighted by molar-refractivity contribution is 6.35. The number of carbonyl (C=O) groups excluding carboxylic acids is 1. The van der Waals surface area contributed by atoms with Gasteiger partial charge in [0, 0.05) is 29.4 Å². The minimum Gasteiger partial charge on any atom is -0.451 e. The zero-order chi connectivity index (χ0) is 20.4. The van der Waals surface area contributed by atoms with Gasteiger partial charge in [-0.3, -0.25) is 4.79 Å². The van der Waals surface area contributed by atoms with Crippen molar-refractivity contribution in [2.75, 3.05) is 23.3 Å². The SMILES string of the molecule is O=C(Nc1ccc(N2CCCCC2)c(F)c1)c1ccc(-c2cc(Cl)ccc2Cl)o1. The van der Waals surface area contributed by atoms with Gasteiger partial charge < -0.3 is 14.6 Å². The molecule has 1 aliphatic heterocycles. The number of hydrogen-bond donors (Lipinski definition) is 1. The highest BCUT2D eigenvalue weighted by Gasteiger charge is 2.17. The molecule has 2 aromatic carbocycles. The first-order chi connectivity index (χ1) is 14.0. The monoisotopic (exact) mass is 432 g/mol. The molecule has 2 heterocycles. The molecule has 0 unspecified atom stereocenters. The number of amides is 1. The number of furan rings is 1. The molecule has 1 saturated heterocycles. The normalized spacial score (nSPS) is 14.1. The maximum atomic E-state index is 14.6. The first-order valence-corrected chi connectivity index (χ1v) is 10.2. The number of benzene rings is 2. The Labute approximate surface area is 178 Å². The first-order valence-electron chi connectivity index (χ1n) is 9.42. The van der Waals surface area contributed by atoms with Crippen molar-refractivity contribution in [2.24, 2.45) is 0 Å². The Hall–Kier alpha value is -2.50. The summed E-state index contributed by atoms with van der Waals surface area (Å²) in [6, 6.07) is 12.9. The maximum absolute atomic E-state index is 14.6. The number of nitrogens with one attached hydrogen (secondary N) is 1. The van der Waals surface area contributed by atoms with Crippen LogP contribution >= 0.6 is 23.2 Å². The van der Waals surface area contributed by atoms with Crippen molar-refractivity contribution in [3.05, 3.63) is 70.2 Å². The molecule has 1 amide bonds. The molecular formula is C22H19Cl2FN2O2. The average molecular weight is 433 g/mol. The smallest absolute Gasteiger partial charge is 0.291 e. The Balaban J connectivity index is 1.49. The van der Waals surface area contributed by atoms with Gasteiger partial charge in [-0.15, -0.1) is 0 Å². The fraction of sp³-hybridized carbons (Fsp3) is 0.227. The molecular weight excluding hydrogens is 414 g/mol. The molecule has 4 nitrogen and oxygen atoms in total. The molecule has 1 aromatic heterocycles. The second-order valence-electron chi connectivity index (χ2n) is 6.96. The molecule has 1 N–H and O–H groups in total. The van der Waals surface area contributed by atoms with E-state index in [9.17, 15) is 9.18 Å². The molecule has 29 heavy (non-hydrogen) atoms. The van der Waals surface area contributed by atoms with Crippen molar-refractivity contribution in [1.29, 1.82) is 0 Å². The molecule has 3 aromatic rings. The lowest BCUT2D eigenvalue weighted by Gasteiger charge is -2.29. The number of hydrogen-bond acceptors (Lipinski definition) is 3. The van der Waals surface area contributed by atoms with Crippen molar-refractivity contribution in [3.63, 3.8) is 0 Å². The topological polar surface area (TPSA) is 45.5 Å². The van der Waals surface area contributed by atoms with E-state index in [0.717, 1.165) is 25.9 Å². The number of halogens is 3. The molecule has 0 atom stereocenters. The van der Waals surface area contributed by atoms with E-state index < -0.39 is 5.91 Å². The summed E-state index contributed by atoms with van der Waals surface area (Å²) in [5, 5.41) is 3.64. The van der Waals surface area contributed by atoms with Crippen LogP contribution in [0.2, 0.25) is 10.0 Å². The second kappa shape index (κ2) is 8.47. The van der Waals surface area contributed by atoms with Gasteiger partial charge in [-0.05, 0) is 67.8 Å². The van der Waals surface area contributed by atoms with Crippen LogP contribution in [0.25, 0.3) is 11.3 Å². The van der Waals surface area contributed by atoms with Gasteiger partial charge in [-0.2, -0.15) is 0 Å². The molecule has 4 rings (SSSR count). The molecule has 0 spiro atoms. The number of nitrogens with zero attached hydrogens (tertiary/aromatic N) is 1. The fourth-order valence-corrected chi connectivity index (χ4v) is 3.84. The summed E-state index contributed by atoms with van der Waals surface area (Å²) in [6.07, 6.45) is 3.31. The summed E-state index contributed by atoms with van der Waals surface area (Å²) >= 11 is 12.2. The predicted octanol–water partition coefficient (Wildman–Crippen LogP) is 6.64. The van der Waals surface area contributed by atoms with E-state index in [2.05, 4.69) is 5.32 Å². The van der Waals surface area contributed by atoms with Crippen LogP contribution in [-0.2, 0) is 0 Å². The van der Waals surface area contributed by atoms with Crippen LogP contribution in [0.5, 0.6) is 0 Å². The fourth-order valence-electron chi connectivity index (χ4n) is 3.46. The van der Waals surface area contributed by atoms with Gasteiger partial charge in [0.2, 0.25) is 0 Å². The molecule has 1 fully saturated rings. The third-order valence-corrected chi connectivity index (χ3v) is 5.49. The number of carbonyl (C=O) groups is 1. The van der Waals surface area contributed by atoms with Crippen LogP contribution in [0.15, 0.2) is 52.9 Å². The van der Waals surface area contributed by atoms with Gasteiger partial charge in [0.05, 0.1) is 10.7 Å². The van der Waals surface area contributed by atoms with Crippen LogP contribution in [0.1, 0.15) is 29.8 Å². The first kappa shape index (κ1) is 19.8. The van der Waals surface area contributed by atoms with E-state index in [0.29, 0.717) is 32.7 Å². The molecule has 0 saturated carbocycles. The van der Waals surface area contributed by atoms with Crippen molar-refractivity contribution in [1.82, 2.24) is 0 Å². The van der Waals surface area contributed by atoms with Crippen LogP contribution in [0.4, 0.5) is 15.8 Å². The van der Waals surface area contributed by atoms with Gasteiger partial charge >= 0.3 is 0 Å². The summed E-state index contributed by atoms with van der Waals surface area (Å²) in [4.78, 5) is 14.6. The Kier molecular flexibility index (Phi) is 5.79. The summed E-state index contributed by atoms with van der Waals surface area (Å²) in [6.45, 7) is 1.70. The third-order valence-electron chi connectivity index (χ3n) is 4.93. The minimum atomic E-state index is -0.473. The summed E-state index contributed by atoms with van der Waals surface area (Å²) in [5.41, 5.74) is 1.53. The zero-order valence-electron chi connectivity index (χ0n) is 15.6. The van der Waals surface area contributed by atoms with E-state index in [-0.39, 0.29) is 11.6 Å². The summed E-state index contributed by atoms with van der Waals surface area (Å²) in [7, 11) is 0. The Morgan fingerprint density at radius 2 is 1.79 bits per heavy atom. The zero-order valence-corrected chi connectivity index (χ0v) is 17.1. The van der Waals surface area contributed by atoms with Crippen LogP contribution < -0.4 is 10.2 Å². The lowest BCUT2D eigenvalue weighted by atomic mass is 10.1. The van der Waals surface area contributed by atoms with E-state index in [1.165, 1.54) is 12.5 Å². The van der Waals surface area contributed by atoms with E-state index in [4.69, 9.17) is 27.6 Å². The lowest BCUT2D eigenvalue weighted by molar-refractivity contribution is 0.0997. The molecule has 1 aliphatic rings.